The summed E-state index contributed by atoms with van der Waals surface area (Å²) < 4.78 is 0. The normalized spacial score (nSPS) is 19.1. The van der Waals surface area contributed by atoms with Gasteiger partial charge in [0.1, 0.15) is 0 Å². The molecule has 1 aliphatic carbocycles. The lowest BCUT2D eigenvalue weighted by Gasteiger charge is -2.27. The van der Waals surface area contributed by atoms with Crippen molar-refractivity contribution in [3.8, 4) is 0 Å². The van der Waals surface area contributed by atoms with Crippen LogP contribution in [0.4, 0.5) is 0 Å². The molecule has 0 spiro atoms. The number of hydrogen-bond donors (Lipinski definition) is 1. The summed E-state index contributed by atoms with van der Waals surface area (Å²) in [5.74, 6) is 0.767. The van der Waals surface area contributed by atoms with E-state index in [9.17, 15) is 0 Å². The Balaban J connectivity index is 2.13. The van der Waals surface area contributed by atoms with Gasteiger partial charge in [0.15, 0.2) is 0 Å². The highest BCUT2D eigenvalue weighted by atomic mass is 14.9. The minimum atomic E-state index is 0.456. The summed E-state index contributed by atoms with van der Waals surface area (Å²) >= 11 is 0. The third kappa shape index (κ3) is 4.31. The summed E-state index contributed by atoms with van der Waals surface area (Å²) in [6, 6.07) is 4.81. The molecule has 1 aromatic heterocycles. The van der Waals surface area contributed by atoms with Crippen LogP contribution in [0.2, 0.25) is 0 Å². The van der Waals surface area contributed by atoms with Gasteiger partial charge in [-0.05, 0) is 56.3 Å². The Morgan fingerprint density at radius 2 is 2.00 bits per heavy atom. The maximum atomic E-state index is 4.64. The highest BCUT2D eigenvalue weighted by Gasteiger charge is 2.24. The van der Waals surface area contributed by atoms with Crippen molar-refractivity contribution in [3.63, 3.8) is 0 Å². The van der Waals surface area contributed by atoms with Crippen molar-refractivity contribution < 1.29 is 0 Å². The van der Waals surface area contributed by atoms with Crippen LogP contribution in [0, 0.1) is 12.8 Å². The number of hydrogen-bond acceptors (Lipinski definition) is 2. The lowest BCUT2D eigenvalue weighted by atomic mass is 9.89. The number of nitrogens with zero attached hydrogens (tertiary/aromatic N) is 1. The zero-order chi connectivity index (χ0) is 13.5. The van der Waals surface area contributed by atoms with Gasteiger partial charge in [0.2, 0.25) is 0 Å². The van der Waals surface area contributed by atoms with Gasteiger partial charge < -0.3 is 5.32 Å². The van der Waals surface area contributed by atoms with Gasteiger partial charge in [-0.15, -0.1) is 0 Å². The first kappa shape index (κ1) is 14.5. The second kappa shape index (κ2) is 7.64. The van der Waals surface area contributed by atoms with Gasteiger partial charge in [0.05, 0.1) is 11.7 Å². The van der Waals surface area contributed by atoms with Crippen molar-refractivity contribution >= 4 is 0 Å². The topological polar surface area (TPSA) is 24.9 Å². The Hall–Kier alpha value is -0.890. The molecule has 2 rings (SSSR count). The van der Waals surface area contributed by atoms with Crippen LogP contribution in [0.5, 0.6) is 0 Å². The predicted molar refractivity (Wildman–Crippen MR) is 81.2 cm³/mol. The Morgan fingerprint density at radius 1 is 1.26 bits per heavy atom. The molecule has 0 bridgehead atoms. The van der Waals surface area contributed by atoms with Gasteiger partial charge in [-0.1, -0.05) is 32.6 Å². The average molecular weight is 260 g/mol. The molecule has 2 heteroatoms. The fourth-order valence-electron chi connectivity index (χ4n) is 3.19. The van der Waals surface area contributed by atoms with Gasteiger partial charge in [0, 0.05) is 6.20 Å². The molecule has 0 radical (unpaired) electrons. The van der Waals surface area contributed by atoms with Crippen molar-refractivity contribution in [2.24, 2.45) is 5.92 Å². The number of aryl methyl sites for hydroxylation is 1. The van der Waals surface area contributed by atoms with E-state index in [1.807, 2.05) is 6.20 Å². The number of pyridine rings is 1. The third-order valence-corrected chi connectivity index (χ3v) is 4.24. The zero-order valence-corrected chi connectivity index (χ0v) is 12.5. The van der Waals surface area contributed by atoms with Crippen LogP contribution in [0.3, 0.4) is 0 Å². The number of aromatic nitrogens is 1. The molecule has 0 amide bonds. The van der Waals surface area contributed by atoms with E-state index in [-0.39, 0.29) is 0 Å². The van der Waals surface area contributed by atoms with E-state index < -0.39 is 0 Å². The minimum Gasteiger partial charge on any atom is -0.308 e. The van der Waals surface area contributed by atoms with Crippen molar-refractivity contribution in [1.82, 2.24) is 10.3 Å². The van der Waals surface area contributed by atoms with E-state index in [0.29, 0.717) is 6.04 Å². The predicted octanol–water partition coefficient (Wildman–Crippen LogP) is 4.40. The van der Waals surface area contributed by atoms with Crippen LogP contribution in [-0.2, 0) is 0 Å². The SMILES string of the molecule is CCCNC(c1cc(C)ccn1)C1CCCCCC1. The molecule has 1 heterocycles. The fourth-order valence-corrected chi connectivity index (χ4v) is 3.19. The summed E-state index contributed by atoms with van der Waals surface area (Å²) in [6.07, 6.45) is 11.5. The van der Waals surface area contributed by atoms with Crippen molar-refractivity contribution in [2.75, 3.05) is 6.54 Å². The third-order valence-electron chi connectivity index (χ3n) is 4.24. The molecular formula is C17H28N2. The van der Waals surface area contributed by atoms with Gasteiger partial charge in [-0.25, -0.2) is 0 Å². The molecule has 2 nitrogen and oxygen atoms in total. The quantitative estimate of drug-likeness (QED) is 0.794. The van der Waals surface area contributed by atoms with Crippen LogP contribution < -0.4 is 5.32 Å². The first-order valence-corrected chi connectivity index (χ1v) is 7.97. The second-order valence-corrected chi connectivity index (χ2v) is 5.94. The van der Waals surface area contributed by atoms with Crippen molar-refractivity contribution in [2.45, 2.75) is 64.8 Å². The van der Waals surface area contributed by atoms with Crippen LogP contribution in [0.15, 0.2) is 18.3 Å². The fraction of sp³-hybridized carbons (Fsp3) is 0.706. The number of rotatable bonds is 5. The first-order chi connectivity index (χ1) is 9.31. The molecule has 0 saturated heterocycles. The Labute approximate surface area is 118 Å². The summed E-state index contributed by atoms with van der Waals surface area (Å²) in [5, 5.41) is 3.75. The Bertz CT molecular complexity index is 367. The molecule has 0 aromatic carbocycles. The maximum Gasteiger partial charge on any atom is 0.0578 e. The summed E-state index contributed by atoms with van der Waals surface area (Å²) in [7, 11) is 0. The summed E-state index contributed by atoms with van der Waals surface area (Å²) in [4.78, 5) is 4.64. The lowest BCUT2D eigenvalue weighted by Crippen LogP contribution is -2.29. The molecule has 1 aromatic rings. The standard InChI is InChI=1S/C17H28N2/c1-3-11-19-17(15-8-6-4-5-7-9-15)16-13-14(2)10-12-18-16/h10,12-13,15,17,19H,3-9,11H2,1-2H3. The van der Waals surface area contributed by atoms with Gasteiger partial charge >= 0.3 is 0 Å². The molecule has 1 atom stereocenters. The Morgan fingerprint density at radius 3 is 2.63 bits per heavy atom. The molecule has 19 heavy (non-hydrogen) atoms. The maximum absolute atomic E-state index is 4.64. The van der Waals surface area contributed by atoms with Crippen LogP contribution in [0.1, 0.15) is 69.2 Å². The molecule has 0 aliphatic heterocycles. The summed E-state index contributed by atoms with van der Waals surface area (Å²) in [6.45, 7) is 5.49. The van der Waals surface area contributed by atoms with Gasteiger partial charge in [-0.2, -0.15) is 0 Å². The highest BCUT2D eigenvalue weighted by molar-refractivity contribution is 5.18. The molecule has 106 valence electrons. The molecule has 1 N–H and O–H groups in total. The molecule has 1 saturated carbocycles. The number of nitrogens with one attached hydrogen (secondary N) is 1. The minimum absolute atomic E-state index is 0.456. The monoisotopic (exact) mass is 260 g/mol. The van der Waals surface area contributed by atoms with Crippen molar-refractivity contribution in [3.05, 3.63) is 29.6 Å². The smallest absolute Gasteiger partial charge is 0.0578 e. The van der Waals surface area contributed by atoms with E-state index in [1.54, 1.807) is 0 Å². The second-order valence-electron chi connectivity index (χ2n) is 5.94. The van der Waals surface area contributed by atoms with E-state index in [1.165, 1.54) is 56.2 Å². The van der Waals surface area contributed by atoms with Gasteiger partial charge in [-0.3, -0.25) is 4.98 Å². The zero-order valence-electron chi connectivity index (χ0n) is 12.5. The van der Waals surface area contributed by atoms with Crippen LogP contribution in [0.25, 0.3) is 0 Å². The molecule has 1 fully saturated rings. The van der Waals surface area contributed by atoms with Crippen molar-refractivity contribution in [1.29, 1.82) is 0 Å². The molecule has 1 unspecified atom stereocenters. The molecule has 1 aliphatic rings. The largest absolute Gasteiger partial charge is 0.308 e. The molecular weight excluding hydrogens is 232 g/mol. The van der Waals surface area contributed by atoms with E-state index in [4.69, 9.17) is 0 Å². The van der Waals surface area contributed by atoms with Crippen LogP contribution >= 0.6 is 0 Å². The first-order valence-electron chi connectivity index (χ1n) is 7.97. The van der Waals surface area contributed by atoms with Gasteiger partial charge in [0.25, 0.3) is 0 Å². The lowest BCUT2D eigenvalue weighted by molar-refractivity contribution is 0.320. The van der Waals surface area contributed by atoms with E-state index in [2.05, 4.69) is 36.3 Å². The van der Waals surface area contributed by atoms with E-state index >= 15 is 0 Å². The van der Waals surface area contributed by atoms with Crippen LogP contribution in [-0.4, -0.2) is 11.5 Å². The average Bonchev–Trinajstić information content (AvgIpc) is 2.68. The highest BCUT2D eigenvalue weighted by Crippen LogP contribution is 2.33. The van der Waals surface area contributed by atoms with E-state index in [0.717, 1.165) is 12.5 Å². The summed E-state index contributed by atoms with van der Waals surface area (Å²) in [5.41, 5.74) is 2.57. The Kier molecular flexibility index (Phi) is 5.84.